The van der Waals surface area contributed by atoms with Crippen LogP contribution in [0.15, 0.2) is 57.9 Å². The van der Waals surface area contributed by atoms with Crippen molar-refractivity contribution in [3.05, 3.63) is 64.8 Å². The zero-order chi connectivity index (χ0) is 22.8. The summed E-state index contributed by atoms with van der Waals surface area (Å²) in [6.45, 7) is 4.99. The average molecular weight is 446 g/mol. The number of carbonyl (C=O) groups is 1. The monoisotopic (exact) mass is 446 g/mol. The molecule has 5 rings (SSSR count). The van der Waals surface area contributed by atoms with Gasteiger partial charge in [0.05, 0.1) is 18.7 Å². The van der Waals surface area contributed by atoms with E-state index in [1.165, 1.54) is 0 Å². The number of fused-ring (bicyclic) bond motifs is 1. The second kappa shape index (κ2) is 8.75. The molecule has 0 radical (unpaired) electrons. The Morgan fingerprint density at radius 1 is 1.06 bits per heavy atom. The third kappa shape index (κ3) is 4.55. The number of rotatable bonds is 4. The number of morpholine rings is 1. The molecule has 0 bridgehead atoms. The second-order valence-corrected chi connectivity index (χ2v) is 7.68. The first kappa shape index (κ1) is 20.7. The lowest BCUT2D eigenvalue weighted by atomic mass is 10.2. The minimum atomic E-state index is -0.540. The summed E-state index contributed by atoms with van der Waals surface area (Å²) in [7, 11) is 0. The lowest BCUT2D eigenvalue weighted by Crippen LogP contribution is -2.37. The van der Waals surface area contributed by atoms with Crippen LogP contribution in [0.3, 0.4) is 0 Å². The Balaban J connectivity index is 1.27. The SMILES string of the molecule is Cc1cnc(-c2ccc(NC(=O)Nc3ccc4[nH]c(=O)oc4c3)cc2)nc1N1CCOCC1. The van der Waals surface area contributed by atoms with Gasteiger partial charge in [-0.15, -0.1) is 0 Å². The van der Waals surface area contributed by atoms with Gasteiger partial charge in [0.1, 0.15) is 5.82 Å². The van der Waals surface area contributed by atoms with Crippen LogP contribution in [0, 0.1) is 6.92 Å². The number of urea groups is 1. The molecule has 4 aromatic rings. The summed E-state index contributed by atoms with van der Waals surface area (Å²) in [4.78, 5) is 37.6. The maximum atomic E-state index is 12.4. The summed E-state index contributed by atoms with van der Waals surface area (Å²) in [5.74, 6) is 1.00. The fourth-order valence-electron chi connectivity index (χ4n) is 3.69. The van der Waals surface area contributed by atoms with Crippen molar-refractivity contribution < 1.29 is 13.9 Å². The Labute approximate surface area is 188 Å². The van der Waals surface area contributed by atoms with Crippen molar-refractivity contribution in [2.24, 2.45) is 0 Å². The average Bonchev–Trinajstić information content (AvgIpc) is 3.20. The number of anilines is 3. The number of hydrogen-bond acceptors (Lipinski definition) is 7. The Morgan fingerprint density at radius 3 is 2.58 bits per heavy atom. The van der Waals surface area contributed by atoms with E-state index in [-0.39, 0.29) is 0 Å². The van der Waals surface area contributed by atoms with E-state index in [2.05, 4.69) is 25.5 Å². The predicted octanol–water partition coefficient (Wildman–Crippen LogP) is 3.37. The molecule has 10 nitrogen and oxygen atoms in total. The molecule has 0 spiro atoms. The van der Waals surface area contributed by atoms with Gasteiger partial charge in [-0.25, -0.2) is 19.6 Å². The third-order valence-electron chi connectivity index (χ3n) is 5.34. The van der Waals surface area contributed by atoms with Gasteiger partial charge in [0, 0.05) is 47.9 Å². The number of nitrogens with zero attached hydrogens (tertiary/aromatic N) is 3. The minimum Gasteiger partial charge on any atom is -0.408 e. The van der Waals surface area contributed by atoms with Crippen LogP contribution in [0.1, 0.15) is 5.56 Å². The summed E-state index contributed by atoms with van der Waals surface area (Å²) in [6.07, 6.45) is 1.83. The number of ether oxygens (including phenoxy) is 1. The molecule has 1 aliphatic heterocycles. The fraction of sp³-hybridized carbons (Fsp3) is 0.217. The quantitative estimate of drug-likeness (QED) is 0.439. The van der Waals surface area contributed by atoms with E-state index in [1.807, 2.05) is 25.3 Å². The van der Waals surface area contributed by atoms with Crippen LogP contribution in [-0.2, 0) is 4.74 Å². The number of aromatic nitrogens is 3. The molecule has 0 aliphatic carbocycles. The van der Waals surface area contributed by atoms with Crippen molar-refractivity contribution in [1.29, 1.82) is 0 Å². The molecular formula is C23H22N6O4. The number of H-pyrrole nitrogens is 1. The van der Waals surface area contributed by atoms with Crippen molar-refractivity contribution in [2.45, 2.75) is 6.92 Å². The van der Waals surface area contributed by atoms with Crippen molar-refractivity contribution in [2.75, 3.05) is 41.8 Å². The Hall–Kier alpha value is -4.18. The first-order chi connectivity index (χ1) is 16.0. The van der Waals surface area contributed by atoms with Gasteiger partial charge in [-0.3, -0.25) is 4.98 Å². The third-order valence-corrected chi connectivity index (χ3v) is 5.34. The lowest BCUT2D eigenvalue weighted by molar-refractivity contribution is 0.122. The van der Waals surface area contributed by atoms with Crippen molar-refractivity contribution >= 4 is 34.3 Å². The number of oxazole rings is 1. The van der Waals surface area contributed by atoms with E-state index in [0.29, 0.717) is 41.5 Å². The molecular weight excluding hydrogens is 424 g/mol. The molecule has 1 saturated heterocycles. The molecule has 2 aromatic carbocycles. The molecule has 168 valence electrons. The molecule has 2 aromatic heterocycles. The fourth-order valence-corrected chi connectivity index (χ4v) is 3.69. The normalized spacial score (nSPS) is 13.8. The van der Waals surface area contributed by atoms with Crippen LogP contribution in [0.4, 0.5) is 22.0 Å². The van der Waals surface area contributed by atoms with E-state index in [4.69, 9.17) is 14.1 Å². The lowest BCUT2D eigenvalue weighted by Gasteiger charge is -2.29. The summed E-state index contributed by atoms with van der Waals surface area (Å²) < 4.78 is 10.4. The summed E-state index contributed by atoms with van der Waals surface area (Å²) in [5, 5.41) is 5.50. The number of aryl methyl sites for hydroxylation is 1. The van der Waals surface area contributed by atoms with Gasteiger partial charge in [-0.1, -0.05) is 0 Å². The van der Waals surface area contributed by atoms with Gasteiger partial charge in [-0.05, 0) is 43.3 Å². The second-order valence-electron chi connectivity index (χ2n) is 7.68. The van der Waals surface area contributed by atoms with Crippen LogP contribution in [0.5, 0.6) is 0 Å². The van der Waals surface area contributed by atoms with E-state index >= 15 is 0 Å². The molecule has 0 saturated carbocycles. The molecule has 3 heterocycles. The molecule has 0 unspecified atom stereocenters. The van der Waals surface area contributed by atoms with Crippen molar-refractivity contribution in [1.82, 2.24) is 15.0 Å². The van der Waals surface area contributed by atoms with Crippen LogP contribution in [0.2, 0.25) is 0 Å². The molecule has 1 aliphatic rings. The van der Waals surface area contributed by atoms with Gasteiger partial charge < -0.3 is 24.7 Å². The zero-order valence-corrected chi connectivity index (χ0v) is 17.9. The van der Waals surface area contributed by atoms with Crippen molar-refractivity contribution in [3.8, 4) is 11.4 Å². The molecule has 10 heteroatoms. The molecule has 33 heavy (non-hydrogen) atoms. The number of amides is 2. The number of carbonyl (C=O) groups excluding carboxylic acids is 1. The van der Waals surface area contributed by atoms with E-state index in [1.54, 1.807) is 30.3 Å². The van der Waals surface area contributed by atoms with E-state index in [9.17, 15) is 9.59 Å². The van der Waals surface area contributed by atoms with Crippen LogP contribution < -0.4 is 21.3 Å². The highest BCUT2D eigenvalue weighted by atomic mass is 16.5. The largest absolute Gasteiger partial charge is 0.417 e. The highest BCUT2D eigenvalue weighted by Gasteiger charge is 2.16. The summed E-state index contributed by atoms with van der Waals surface area (Å²) in [6, 6.07) is 11.8. The Kier molecular flexibility index (Phi) is 5.49. The standard InChI is InChI=1S/C23H22N6O4/c1-14-13-24-20(28-21(14)29-8-10-32-11-9-29)15-2-4-16(5-3-15)25-22(30)26-17-6-7-18-19(12-17)33-23(31)27-18/h2-7,12-13H,8-11H2,1H3,(H,27,31)(H2,25,26,30). The van der Waals surface area contributed by atoms with E-state index < -0.39 is 11.8 Å². The minimum absolute atomic E-state index is 0.372. The molecule has 0 atom stereocenters. The summed E-state index contributed by atoms with van der Waals surface area (Å²) >= 11 is 0. The summed E-state index contributed by atoms with van der Waals surface area (Å²) in [5.41, 5.74) is 3.93. The maximum absolute atomic E-state index is 12.4. The molecule has 2 amide bonds. The van der Waals surface area contributed by atoms with Crippen LogP contribution in [-0.4, -0.2) is 47.3 Å². The van der Waals surface area contributed by atoms with Gasteiger partial charge in [0.15, 0.2) is 11.4 Å². The number of nitrogens with one attached hydrogen (secondary N) is 3. The first-order valence-corrected chi connectivity index (χ1v) is 10.5. The van der Waals surface area contributed by atoms with Crippen LogP contribution in [0.25, 0.3) is 22.5 Å². The smallest absolute Gasteiger partial charge is 0.408 e. The number of hydrogen-bond donors (Lipinski definition) is 3. The van der Waals surface area contributed by atoms with Gasteiger partial charge >= 0.3 is 11.8 Å². The van der Waals surface area contributed by atoms with E-state index in [0.717, 1.165) is 30.0 Å². The Bertz CT molecular complexity index is 1360. The molecule has 1 fully saturated rings. The maximum Gasteiger partial charge on any atom is 0.417 e. The number of benzene rings is 2. The van der Waals surface area contributed by atoms with Crippen molar-refractivity contribution in [3.63, 3.8) is 0 Å². The van der Waals surface area contributed by atoms with Gasteiger partial charge in [0.2, 0.25) is 0 Å². The van der Waals surface area contributed by atoms with Gasteiger partial charge in [-0.2, -0.15) is 0 Å². The molecule has 3 N–H and O–H groups in total. The topological polar surface area (TPSA) is 125 Å². The van der Waals surface area contributed by atoms with Crippen LogP contribution >= 0.6 is 0 Å². The highest BCUT2D eigenvalue weighted by Crippen LogP contribution is 2.24. The number of aromatic amines is 1. The first-order valence-electron chi connectivity index (χ1n) is 10.5. The Morgan fingerprint density at radius 2 is 1.79 bits per heavy atom. The highest BCUT2D eigenvalue weighted by molar-refractivity contribution is 6.00. The predicted molar refractivity (Wildman–Crippen MR) is 125 cm³/mol. The van der Waals surface area contributed by atoms with Gasteiger partial charge in [0.25, 0.3) is 0 Å². The zero-order valence-electron chi connectivity index (χ0n) is 17.9.